The van der Waals surface area contributed by atoms with Crippen molar-refractivity contribution in [2.45, 2.75) is 90.3 Å². The maximum Gasteiger partial charge on any atom is 0.407 e. The average molecular weight is 709 g/mol. The van der Waals surface area contributed by atoms with E-state index in [0.717, 1.165) is 82.0 Å². The molecule has 12 heteroatoms. The van der Waals surface area contributed by atoms with Gasteiger partial charge in [0.1, 0.15) is 11.9 Å². The Kier molecular flexibility index (Phi) is 10.2. The van der Waals surface area contributed by atoms with Crippen molar-refractivity contribution in [2.75, 3.05) is 20.2 Å². The molecule has 7 rings (SSSR count). The van der Waals surface area contributed by atoms with Gasteiger partial charge in [-0.15, -0.1) is 0 Å². The van der Waals surface area contributed by atoms with Crippen molar-refractivity contribution in [3.8, 4) is 33.6 Å². The zero-order valence-corrected chi connectivity index (χ0v) is 30.3. The molecule has 0 bridgehead atoms. The van der Waals surface area contributed by atoms with E-state index in [2.05, 4.69) is 68.8 Å². The van der Waals surface area contributed by atoms with Gasteiger partial charge >= 0.3 is 6.09 Å². The van der Waals surface area contributed by atoms with E-state index in [1.54, 1.807) is 6.92 Å². The van der Waals surface area contributed by atoms with Crippen molar-refractivity contribution < 1.29 is 29.0 Å². The number of amides is 3. The van der Waals surface area contributed by atoms with Crippen LogP contribution in [0.2, 0.25) is 0 Å². The van der Waals surface area contributed by atoms with Gasteiger partial charge in [0.05, 0.1) is 62.5 Å². The minimum Gasteiger partial charge on any atom is -0.453 e. The molecule has 4 N–H and O–H groups in total. The first kappa shape index (κ1) is 35.5. The lowest BCUT2D eigenvalue weighted by molar-refractivity contribution is -0.135. The number of imidazole rings is 1. The molecule has 0 radical (unpaired) electrons. The fourth-order valence-electron chi connectivity index (χ4n) is 7.96. The molecule has 3 amide bonds. The molecule has 3 aliphatic rings. The summed E-state index contributed by atoms with van der Waals surface area (Å²) in [5.41, 5.74) is 9.41. The van der Waals surface area contributed by atoms with E-state index >= 15 is 0 Å². The first-order chi connectivity index (χ1) is 25.1. The predicted molar refractivity (Wildman–Crippen MR) is 196 cm³/mol. The van der Waals surface area contributed by atoms with Crippen molar-refractivity contribution in [1.82, 2.24) is 30.1 Å². The SMILES string of the molecule is COC(=O)N[C@H](C(=O)N1CCC[C@H]1c1[nH]c(-c2ccc(-c3ccc(-c4cnc([C@@H]5CCCN5C(=O)C[C@@H](C)O)[nH]4)cc3)cc2)c2c1COC2)C(C)C. The van der Waals surface area contributed by atoms with Crippen LogP contribution < -0.4 is 5.32 Å². The zero-order chi connectivity index (χ0) is 36.5. The molecule has 4 atom stereocenters. The van der Waals surface area contributed by atoms with Gasteiger partial charge in [-0.3, -0.25) is 9.59 Å². The van der Waals surface area contributed by atoms with Gasteiger partial charge in [-0.2, -0.15) is 0 Å². The summed E-state index contributed by atoms with van der Waals surface area (Å²) < 4.78 is 10.7. The Hall–Kier alpha value is -4.94. The summed E-state index contributed by atoms with van der Waals surface area (Å²) in [7, 11) is 1.30. The van der Waals surface area contributed by atoms with E-state index < -0.39 is 18.2 Å². The van der Waals surface area contributed by atoms with Gasteiger partial charge in [-0.05, 0) is 60.8 Å². The number of methoxy groups -OCH3 is 1. The third kappa shape index (κ3) is 6.97. The highest BCUT2D eigenvalue weighted by molar-refractivity contribution is 5.86. The minimum atomic E-state index is -0.674. The van der Waals surface area contributed by atoms with Crippen LogP contribution in [0.5, 0.6) is 0 Å². The number of hydrogen-bond donors (Lipinski definition) is 4. The monoisotopic (exact) mass is 708 g/mol. The van der Waals surface area contributed by atoms with Crippen LogP contribution in [-0.2, 0) is 32.3 Å². The van der Waals surface area contributed by atoms with Crippen molar-refractivity contribution in [1.29, 1.82) is 0 Å². The summed E-state index contributed by atoms with van der Waals surface area (Å²) in [6.07, 6.45) is 4.14. The van der Waals surface area contributed by atoms with Crippen molar-refractivity contribution in [3.63, 3.8) is 0 Å². The number of aliphatic hydroxyl groups is 1. The molecule has 3 aliphatic heterocycles. The van der Waals surface area contributed by atoms with Crippen LogP contribution in [0.15, 0.2) is 54.7 Å². The van der Waals surface area contributed by atoms with Crippen LogP contribution in [0.4, 0.5) is 4.79 Å². The van der Waals surface area contributed by atoms with Gasteiger partial charge in [-0.1, -0.05) is 62.4 Å². The van der Waals surface area contributed by atoms with Crippen LogP contribution in [0.25, 0.3) is 33.6 Å². The Labute approximate surface area is 303 Å². The highest BCUT2D eigenvalue weighted by Crippen LogP contribution is 2.42. The highest BCUT2D eigenvalue weighted by atomic mass is 16.5. The van der Waals surface area contributed by atoms with Crippen LogP contribution in [-0.4, -0.2) is 80.1 Å². The molecule has 4 aromatic rings. The van der Waals surface area contributed by atoms with Crippen molar-refractivity contribution in [2.24, 2.45) is 5.92 Å². The second-order valence-corrected chi connectivity index (χ2v) is 14.5. The van der Waals surface area contributed by atoms with Crippen molar-refractivity contribution >= 4 is 17.9 Å². The lowest BCUT2D eigenvalue weighted by Gasteiger charge is -2.31. The van der Waals surface area contributed by atoms with E-state index in [9.17, 15) is 19.5 Å². The van der Waals surface area contributed by atoms with E-state index in [1.807, 2.05) is 29.8 Å². The lowest BCUT2D eigenvalue weighted by atomic mass is 9.99. The topological polar surface area (TPSA) is 153 Å². The molecule has 2 aromatic heterocycles. The van der Waals surface area contributed by atoms with Gasteiger partial charge in [-0.25, -0.2) is 9.78 Å². The molecule has 12 nitrogen and oxygen atoms in total. The number of alkyl carbamates (subject to hydrolysis) is 1. The van der Waals surface area contributed by atoms with E-state index in [4.69, 9.17) is 9.47 Å². The standard InChI is InChI=1S/C40H48N6O6/c1-23(2)35(44-40(50)51-4)39(49)46-18-5-7-32(46)37-30-22-52-21-29(30)36(43-37)28-15-11-26(12-16-28)25-9-13-27(14-10-25)31-20-41-38(42-31)33-8-6-17-45(33)34(48)19-24(3)47/h9-16,20,23-24,32-33,35,43,47H,5-8,17-19,21-22H2,1-4H3,(H,41,42)(H,44,50)/t24-,32+,33+,35+/m1/s1. The zero-order valence-electron chi connectivity index (χ0n) is 30.3. The number of hydrogen-bond acceptors (Lipinski definition) is 7. The number of benzene rings is 2. The second-order valence-electron chi connectivity index (χ2n) is 14.5. The number of fused-ring (bicyclic) bond motifs is 1. The number of carbonyl (C=O) groups is 3. The number of aromatic amines is 2. The summed E-state index contributed by atoms with van der Waals surface area (Å²) in [4.78, 5) is 54.0. The normalized spacial score (nSPS) is 19.6. The maximum absolute atomic E-state index is 13.8. The summed E-state index contributed by atoms with van der Waals surface area (Å²) in [6.45, 7) is 7.79. The number of nitrogens with one attached hydrogen (secondary N) is 3. The van der Waals surface area contributed by atoms with Crippen molar-refractivity contribution in [3.05, 3.63) is 77.4 Å². The minimum absolute atomic E-state index is 0.0428. The Morgan fingerprint density at radius 3 is 2.15 bits per heavy atom. The Bertz CT molecular complexity index is 1910. The van der Waals surface area contributed by atoms with Gasteiger partial charge in [0.15, 0.2) is 0 Å². The van der Waals surface area contributed by atoms with Crippen LogP contribution in [0.3, 0.4) is 0 Å². The number of ether oxygens (including phenoxy) is 2. The lowest BCUT2D eigenvalue weighted by Crippen LogP contribution is -2.51. The fourth-order valence-corrected chi connectivity index (χ4v) is 7.96. The molecule has 0 aliphatic carbocycles. The number of carbonyl (C=O) groups excluding carboxylic acids is 3. The summed E-state index contributed by atoms with van der Waals surface area (Å²) in [6, 6.07) is 15.9. The molecule has 2 saturated heterocycles. The molecule has 0 unspecified atom stereocenters. The number of aromatic nitrogens is 3. The van der Waals surface area contributed by atoms with Crippen LogP contribution >= 0.6 is 0 Å². The molecule has 5 heterocycles. The Balaban J connectivity index is 1.07. The quantitative estimate of drug-likeness (QED) is 0.152. The van der Waals surface area contributed by atoms with E-state index in [0.29, 0.717) is 26.3 Å². The molecular weight excluding hydrogens is 660 g/mol. The van der Waals surface area contributed by atoms with Gasteiger partial charge < -0.3 is 39.7 Å². The van der Waals surface area contributed by atoms with Crippen LogP contribution in [0, 0.1) is 5.92 Å². The van der Waals surface area contributed by atoms with Gasteiger partial charge in [0.2, 0.25) is 11.8 Å². The summed E-state index contributed by atoms with van der Waals surface area (Å²) in [5.74, 6) is 0.537. The Morgan fingerprint density at radius 2 is 1.50 bits per heavy atom. The maximum atomic E-state index is 13.8. The fraction of sp³-hybridized carbons (Fsp3) is 0.450. The molecule has 0 spiro atoms. The number of H-pyrrole nitrogens is 2. The average Bonchev–Trinajstić information content (AvgIpc) is 3.98. The predicted octanol–water partition coefficient (Wildman–Crippen LogP) is 6.25. The highest BCUT2D eigenvalue weighted by Gasteiger charge is 2.39. The molecule has 0 saturated carbocycles. The van der Waals surface area contributed by atoms with E-state index in [1.165, 1.54) is 7.11 Å². The second kappa shape index (κ2) is 15.0. The molecule has 2 aromatic carbocycles. The summed E-state index contributed by atoms with van der Waals surface area (Å²) >= 11 is 0. The van der Waals surface area contributed by atoms with E-state index in [-0.39, 0.29) is 36.2 Å². The number of nitrogens with zero attached hydrogens (tertiary/aromatic N) is 3. The van der Waals surface area contributed by atoms with Gasteiger partial charge in [0.25, 0.3) is 0 Å². The first-order valence-corrected chi connectivity index (χ1v) is 18.3. The molecule has 274 valence electrons. The third-order valence-electron chi connectivity index (χ3n) is 10.7. The number of likely N-dealkylation sites (tertiary alicyclic amines) is 2. The number of rotatable bonds is 10. The largest absolute Gasteiger partial charge is 0.453 e. The third-order valence-corrected chi connectivity index (χ3v) is 10.7. The Morgan fingerprint density at radius 1 is 0.885 bits per heavy atom. The molecular formula is C40H48N6O6. The van der Waals surface area contributed by atoms with Crippen LogP contribution in [0.1, 0.15) is 87.6 Å². The first-order valence-electron chi connectivity index (χ1n) is 18.3. The van der Waals surface area contributed by atoms with Gasteiger partial charge in [0, 0.05) is 29.9 Å². The molecule has 52 heavy (non-hydrogen) atoms. The summed E-state index contributed by atoms with van der Waals surface area (Å²) in [5, 5.41) is 12.4. The smallest absolute Gasteiger partial charge is 0.407 e. The molecule has 2 fully saturated rings. The number of aliphatic hydroxyl groups excluding tert-OH is 1.